The molecule has 0 radical (unpaired) electrons. The molecule has 0 saturated carbocycles. The van der Waals surface area contributed by atoms with Crippen LogP contribution in [0.2, 0.25) is 5.02 Å². The SMILES string of the molecule is O=C(NCc1ccco1)c1ccc(Cl)c(NC2=N[C@H]3CS(=O)(=O)C[C@H]3S2)c1. The third kappa shape index (κ3) is 4.15. The summed E-state index contributed by atoms with van der Waals surface area (Å²) < 4.78 is 28.5. The van der Waals surface area contributed by atoms with Gasteiger partial charge in [-0.3, -0.25) is 9.79 Å². The lowest BCUT2D eigenvalue weighted by molar-refractivity contribution is 0.0948. The topological polar surface area (TPSA) is 101 Å². The van der Waals surface area contributed by atoms with Gasteiger partial charge in [0.25, 0.3) is 5.91 Å². The molecule has 142 valence electrons. The number of hydrogen-bond donors (Lipinski definition) is 2. The second kappa shape index (κ2) is 7.21. The van der Waals surface area contributed by atoms with Crippen LogP contribution >= 0.6 is 23.4 Å². The molecule has 1 aromatic carbocycles. The number of halogens is 1. The fourth-order valence-corrected chi connectivity index (χ4v) is 6.81. The van der Waals surface area contributed by atoms with Crippen molar-refractivity contribution in [1.29, 1.82) is 0 Å². The van der Waals surface area contributed by atoms with Crippen LogP contribution in [-0.2, 0) is 16.4 Å². The number of benzene rings is 1. The monoisotopic (exact) mass is 425 g/mol. The van der Waals surface area contributed by atoms with Crippen LogP contribution in [0.25, 0.3) is 0 Å². The van der Waals surface area contributed by atoms with Crippen LogP contribution in [0.5, 0.6) is 0 Å². The van der Waals surface area contributed by atoms with Gasteiger partial charge in [-0.2, -0.15) is 0 Å². The highest BCUT2D eigenvalue weighted by molar-refractivity contribution is 8.15. The maximum atomic E-state index is 12.3. The number of hydrogen-bond acceptors (Lipinski definition) is 7. The van der Waals surface area contributed by atoms with Crippen LogP contribution < -0.4 is 10.6 Å². The summed E-state index contributed by atoms with van der Waals surface area (Å²) in [5.41, 5.74) is 0.997. The molecule has 1 fully saturated rings. The summed E-state index contributed by atoms with van der Waals surface area (Å²) in [6.45, 7) is 0.289. The van der Waals surface area contributed by atoms with Crippen molar-refractivity contribution in [3.8, 4) is 0 Å². The van der Waals surface area contributed by atoms with E-state index in [1.807, 2.05) is 0 Å². The summed E-state index contributed by atoms with van der Waals surface area (Å²) in [6.07, 6.45) is 1.55. The first-order chi connectivity index (χ1) is 12.9. The summed E-state index contributed by atoms with van der Waals surface area (Å²) >= 11 is 7.63. The molecule has 0 bridgehead atoms. The third-order valence-electron chi connectivity index (χ3n) is 4.29. The van der Waals surface area contributed by atoms with Gasteiger partial charge < -0.3 is 15.1 Å². The van der Waals surface area contributed by atoms with Gasteiger partial charge in [0.05, 0.1) is 41.1 Å². The second-order valence-electron chi connectivity index (χ2n) is 6.32. The van der Waals surface area contributed by atoms with E-state index in [0.29, 0.717) is 27.2 Å². The number of fused-ring (bicyclic) bond motifs is 1. The summed E-state index contributed by atoms with van der Waals surface area (Å²) in [4.78, 5) is 16.8. The molecule has 2 aliphatic heterocycles. The Hall–Kier alpha value is -1.97. The predicted octanol–water partition coefficient (Wildman–Crippen LogP) is 2.54. The van der Waals surface area contributed by atoms with E-state index in [9.17, 15) is 13.2 Å². The Morgan fingerprint density at radius 1 is 1.33 bits per heavy atom. The number of amidine groups is 1. The van der Waals surface area contributed by atoms with E-state index < -0.39 is 9.84 Å². The minimum atomic E-state index is -3.00. The molecule has 1 aromatic heterocycles. The molecule has 0 aliphatic carbocycles. The van der Waals surface area contributed by atoms with Crippen molar-refractivity contribution in [3.05, 3.63) is 52.9 Å². The lowest BCUT2D eigenvalue weighted by atomic mass is 10.2. The third-order valence-corrected chi connectivity index (χ3v) is 7.76. The quantitative estimate of drug-likeness (QED) is 0.780. The number of nitrogens with zero attached hydrogens (tertiary/aromatic N) is 1. The lowest BCUT2D eigenvalue weighted by Crippen LogP contribution is -2.22. The van der Waals surface area contributed by atoms with Gasteiger partial charge in [0.1, 0.15) is 5.76 Å². The average molecular weight is 426 g/mol. The first-order valence-corrected chi connectivity index (χ1v) is 11.3. The largest absolute Gasteiger partial charge is 0.467 e. The predicted molar refractivity (Wildman–Crippen MR) is 106 cm³/mol. The van der Waals surface area contributed by atoms with Crippen molar-refractivity contribution in [2.24, 2.45) is 4.99 Å². The van der Waals surface area contributed by atoms with Gasteiger partial charge in [-0.15, -0.1) is 0 Å². The number of aliphatic imine (C=N–C) groups is 1. The second-order valence-corrected chi connectivity index (χ2v) is 10.1. The summed E-state index contributed by atoms with van der Waals surface area (Å²) in [6, 6.07) is 8.23. The molecule has 2 aromatic rings. The molecule has 4 rings (SSSR count). The number of carbonyl (C=O) groups excluding carboxylic acids is 1. The van der Waals surface area contributed by atoms with Crippen LogP contribution in [0.15, 0.2) is 46.0 Å². The van der Waals surface area contributed by atoms with Crippen LogP contribution in [0, 0.1) is 0 Å². The van der Waals surface area contributed by atoms with Crippen molar-refractivity contribution < 1.29 is 17.6 Å². The maximum absolute atomic E-state index is 12.3. The Kier molecular flexibility index (Phi) is 4.92. The highest BCUT2D eigenvalue weighted by atomic mass is 35.5. The van der Waals surface area contributed by atoms with Gasteiger partial charge in [0.15, 0.2) is 15.0 Å². The zero-order valence-electron chi connectivity index (χ0n) is 14.0. The number of amides is 1. The number of sulfone groups is 1. The Morgan fingerprint density at radius 3 is 2.93 bits per heavy atom. The molecule has 0 spiro atoms. The first-order valence-electron chi connectivity index (χ1n) is 8.22. The van der Waals surface area contributed by atoms with E-state index in [1.165, 1.54) is 11.8 Å². The molecule has 27 heavy (non-hydrogen) atoms. The van der Waals surface area contributed by atoms with Crippen molar-refractivity contribution in [2.45, 2.75) is 17.8 Å². The lowest BCUT2D eigenvalue weighted by Gasteiger charge is -2.11. The van der Waals surface area contributed by atoms with E-state index >= 15 is 0 Å². The number of anilines is 1. The smallest absolute Gasteiger partial charge is 0.251 e. The van der Waals surface area contributed by atoms with E-state index in [-0.39, 0.29) is 35.2 Å². The molecule has 10 heteroatoms. The average Bonchev–Trinajstić information content (AvgIpc) is 3.29. The minimum Gasteiger partial charge on any atom is -0.467 e. The number of nitrogens with one attached hydrogen (secondary N) is 2. The standard InChI is InChI=1S/C17H16ClN3O4S2/c18-12-4-3-10(16(22)19-7-11-2-1-5-25-11)6-13(12)20-17-21-14-8-27(23,24)9-15(14)26-17/h1-6,14-15H,7-9H2,(H,19,22)(H,20,21)/t14-,15+/m0/s1. The van der Waals surface area contributed by atoms with Crippen LogP contribution in [0.3, 0.4) is 0 Å². The molecule has 2 N–H and O–H groups in total. The van der Waals surface area contributed by atoms with E-state index in [4.69, 9.17) is 16.0 Å². The highest BCUT2D eigenvalue weighted by Gasteiger charge is 2.42. The molecule has 1 amide bonds. The highest BCUT2D eigenvalue weighted by Crippen LogP contribution is 2.35. The Morgan fingerprint density at radius 2 is 2.19 bits per heavy atom. The number of carbonyl (C=O) groups is 1. The molecular weight excluding hydrogens is 410 g/mol. The van der Waals surface area contributed by atoms with Gasteiger partial charge in [-0.25, -0.2) is 8.42 Å². The molecule has 2 atom stereocenters. The Balaban J connectivity index is 1.44. The van der Waals surface area contributed by atoms with Gasteiger partial charge >= 0.3 is 0 Å². The van der Waals surface area contributed by atoms with Gasteiger partial charge in [0.2, 0.25) is 0 Å². The Labute approximate surface area is 165 Å². The van der Waals surface area contributed by atoms with Crippen molar-refractivity contribution in [1.82, 2.24) is 5.32 Å². The van der Waals surface area contributed by atoms with Crippen LogP contribution in [0.1, 0.15) is 16.1 Å². The minimum absolute atomic E-state index is 0.0592. The fourth-order valence-electron chi connectivity index (χ4n) is 2.98. The Bertz CT molecular complexity index is 1010. The molecule has 1 saturated heterocycles. The van der Waals surface area contributed by atoms with Gasteiger partial charge in [-0.05, 0) is 30.3 Å². The zero-order chi connectivity index (χ0) is 19.0. The maximum Gasteiger partial charge on any atom is 0.251 e. The number of thioether (sulfide) groups is 1. The first kappa shape index (κ1) is 18.4. The van der Waals surface area contributed by atoms with Gasteiger partial charge in [0, 0.05) is 10.8 Å². The van der Waals surface area contributed by atoms with Gasteiger partial charge in [-0.1, -0.05) is 23.4 Å². The molecular formula is C17H16ClN3O4S2. The molecule has 0 unspecified atom stereocenters. The van der Waals surface area contributed by atoms with E-state index in [0.717, 1.165) is 0 Å². The normalized spacial score (nSPS) is 22.9. The fraction of sp³-hybridized carbons (Fsp3) is 0.294. The van der Waals surface area contributed by atoms with E-state index in [1.54, 1.807) is 36.6 Å². The van der Waals surface area contributed by atoms with Crippen molar-refractivity contribution >= 4 is 50.0 Å². The van der Waals surface area contributed by atoms with Crippen LogP contribution in [0.4, 0.5) is 5.69 Å². The van der Waals surface area contributed by atoms with Crippen molar-refractivity contribution in [3.63, 3.8) is 0 Å². The molecule has 2 aliphatic rings. The number of furan rings is 1. The zero-order valence-corrected chi connectivity index (χ0v) is 16.4. The molecule has 3 heterocycles. The summed E-state index contributed by atoms with van der Waals surface area (Å²) in [5.74, 6) is 0.627. The number of rotatable bonds is 4. The van der Waals surface area contributed by atoms with E-state index in [2.05, 4.69) is 15.6 Å². The van der Waals surface area contributed by atoms with Crippen LogP contribution in [-0.4, -0.2) is 42.3 Å². The summed E-state index contributed by atoms with van der Waals surface area (Å²) in [5, 5.41) is 6.91. The van der Waals surface area contributed by atoms with Crippen molar-refractivity contribution in [2.75, 3.05) is 16.8 Å². The molecule has 7 nitrogen and oxygen atoms in total. The summed E-state index contributed by atoms with van der Waals surface area (Å²) in [7, 11) is -3.00.